The molecular weight excluding hydrogens is 478 g/mol. The predicted molar refractivity (Wildman–Crippen MR) is 138 cm³/mol. The van der Waals surface area contributed by atoms with Crippen LogP contribution in [0.25, 0.3) is 39.7 Å². The number of aromatic amines is 1. The fourth-order valence-electron chi connectivity index (χ4n) is 3.80. The molecule has 0 saturated heterocycles. The summed E-state index contributed by atoms with van der Waals surface area (Å²) in [5.41, 5.74) is 4.03. The summed E-state index contributed by atoms with van der Waals surface area (Å²) in [6, 6.07) is 22.7. The monoisotopic (exact) mass is 499 g/mol. The summed E-state index contributed by atoms with van der Waals surface area (Å²) >= 11 is 0.888. The summed E-state index contributed by atoms with van der Waals surface area (Å²) in [5.74, 6) is 0.245. The maximum atomic E-state index is 12.2. The Bertz CT molecular complexity index is 1550. The smallest absolute Gasteiger partial charge is 0.342 e. The van der Waals surface area contributed by atoms with E-state index >= 15 is 0 Å². The summed E-state index contributed by atoms with van der Waals surface area (Å²) in [5, 5.41) is 19.1. The van der Waals surface area contributed by atoms with Gasteiger partial charge in [-0.3, -0.25) is 0 Å². The number of carbonyl (C=O) groups is 1. The highest BCUT2D eigenvalue weighted by Crippen LogP contribution is 2.36. The molecule has 0 unspecified atom stereocenters. The van der Waals surface area contributed by atoms with E-state index in [2.05, 4.69) is 15.2 Å². The van der Waals surface area contributed by atoms with Crippen LogP contribution in [0.3, 0.4) is 0 Å². The quantitative estimate of drug-likeness (QED) is 0.194. The van der Waals surface area contributed by atoms with Crippen molar-refractivity contribution in [1.29, 1.82) is 0 Å². The first-order chi connectivity index (χ1) is 17.6. The molecule has 9 heteroatoms. The molecule has 8 nitrogen and oxygen atoms in total. The van der Waals surface area contributed by atoms with Gasteiger partial charge in [0.25, 0.3) is 5.22 Å². The largest absolute Gasteiger partial charge is 0.497 e. The lowest BCUT2D eigenvalue weighted by Gasteiger charge is -2.05. The van der Waals surface area contributed by atoms with Gasteiger partial charge in [0.05, 0.1) is 19.9 Å². The van der Waals surface area contributed by atoms with Gasteiger partial charge in [-0.2, -0.15) is 0 Å². The molecule has 0 bridgehead atoms. The number of methoxy groups -OCH3 is 2. The highest BCUT2D eigenvalue weighted by molar-refractivity contribution is 8.03. The molecule has 3 aromatic carbocycles. The molecule has 36 heavy (non-hydrogen) atoms. The summed E-state index contributed by atoms with van der Waals surface area (Å²) in [4.78, 5) is 15.7. The van der Waals surface area contributed by atoms with Crippen molar-refractivity contribution in [3.8, 4) is 34.2 Å². The van der Waals surface area contributed by atoms with E-state index in [-0.39, 0.29) is 16.0 Å². The summed E-state index contributed by atoms with van der Waals surface area (Å²) in [6.07, 6.45) is 1.63. The third-order valence-corrected chi connectivity index (χ3v) is 6.35. The summed E-state index contributed by atoms with van der Waals surface area (Å²) < 4.78 is 16.4. The zero-order valence-electron chi connectivity index (χ0n) is 19.4. The normalized spacial score (nSPS) is 11.6. The predicted octanol–water partition coefficient (Wildman–Crippen LogP) is 6.12. The summed E-state index contributed by atoms with van der Waals surface area (Å²) in [6.45, 7) is 0. The molecule has 0 aliphatic rings. The number of aliphatic carboxylic acids is 1. The van der Waals surface area contributed by atoms with Gasteiger partial charge < -0.3 is 24.0 Å². The van der Waals surface area contributed by atoms with Crippen LogP contribution in [-0.2, 0) is 4.79 Å². The van der Waals surface area contributed by atoms with E-state index in [9.17, 15) is 9.90 Å². The molecule has 5 aromatic rings. The van der Waals surface area contributed by atoms with Crippen molar-refractivity contribution in [1.82, 2.24) is 15.2 Å². The highest BCUT2D eigenvalue weighted by Gasteiger charge is 2.19. The molecule has 5 rings (SSSR count). The molecule has 2 heterocycles. The lowest BCUT2D eigenvalue weighted by Crippen LogP contribution is -1.97. The lowest BCUT2D eigenvalue weighted by atomic mass is 10.0. The molecule has 0 fully saturated rings. The molecule has 0 spiro atoms. The number of hydrogen-bond donors (Lipinski definition) is 2. The number of nitrogens with one attached hydrogen (secondary N) is 1. The van der Waals surface area contributed by atoms with Gasteiger partial charge in [-0.05, 0) is 41.6 Å². The van der Waals surface area contributed by atoms with Gasteiger partial charge in [0.15, 0.2) is 0 Å². The number of fused-ring (bicyclic) bond motifs is 1. The minimum absolute atomic E-state index is 0.0374. The average molecular weight is 500 g/mol. The highest BCUT2D eigenvalue weighted by atomic mass is 32.2. The fraction of sp³-hybridized carbons (Fsp3) is 0.0741. The Morgan fingerprint density at radius 1 is 0.944 bits per heavy atom. The van der Waals surface area contributed by atoms with Crippen molar-refractivity contribution in [2.24, 2.45) is 0 Å². The molecule has 0 aliphatic carbocycles. The van der Waals surface area contributed by atoms with Gasteiger partial charge in [-0.1, -0.05) is 48.5 Å². The minimum atomic E-state index is -1.10. The van der Waals surface area contributed by atoms with Gasteiger partial charge in [-0.25, -0.2) is 4.79 Å². The first-order valence-corrected chi connectivity index (χ1v) is 11.7. The van der Waals surface area contributed by atoms with Crippen LogP contribution in [0.15, 0.2) is 87.3 Å². The number of para-hydroxylation sites is 1. The summed E-state index contributed by atoms with van der Waals surface area (Å²) in [7, 11) is 3.10. The molecule has 0 aliphatic heterocycles. The van der Waals surface area contributed by atoms with Crippen LogP contribution in [0.4, 0.5) is 0 Å². The molecule has 2 aromatic heterocycles. The van der Waals surface area contributed by atoms with Crippen LogP contribution in [-0.4, -0.2) is 40.5 Å². The van der Waals surface area contributed by atoms with Crippen molar-refractivity contribution in [2.45, 2.75) is 5.22 Å². The van der Waals surface area contributed by atoms with Crippen molar-refractivity contribution >= 4 is 34.7 Å². The molecule has 0 atom stereocenters. The first kappa shape index (κ1) is 23.3. The number of rotatable bonds is 8. The van der Waals surface area contributed by atoms with Gasteiger partial charge >= 0.3 is 5.97 Å². The van der Waals surface area contributed by atoms with E-state index in [1.165, 1.54) is 0 Å². The van der Waals surface area contributed by atoms with Crippen molar-refractivity contribution in [3.63, 3.8) is 0 Å². The third-order valence-electron chi connectivity index (χ3n) is 5.50. The number of carboxylic acids is 1. The van der Waals surface area contributed by atoms with Gasteiger partial charge in [0.2, 0.25) is 5.89 Å². The molecule has 0 radical (unpaired) electrons. The number of ether oxygens (including phenoxy) is 2. The number of benzene rings is 3. The Kier molecular flexibility index (Phi) is 6.46. The van der Waals surface area contributed by atoms with Gasteiger partial charge in [0.1, 0.15) is 16.4 Å². The second-order valence-corrected chi connectivity index (χ2v) is 8.71. The average Bonchev–Trinajstić information content (AvgIpc) is 3.53. The van der Waals surface area contributed by atoms with E-state index in [1.54, 1.807) is 38.5 Å². The third kappa shape index (κ3) is 4.69. The van der Waals surface area contributed by atoms with Crippen LogP contribution in [0.1, 0.15) is 5.56 Å². The zero-order valence-corrected chi connectivity index (χ0v) is 20.2. The Morgan fingerprint density at radius 3 is 2.33 bits per heavy atom. The Balaban J connectivity index is 1.53. The van der Waals surface area contributed by atoms with E-state index in [0.29, 0.717) is 17.1 Å². The van der Waals surface area contributed by atoms with E-state index in [0.717, 1.165) is 39.5 Å². The Morgan fingerprint density at radius 2 is 1.64 bits per heavy atom. The number of nitrogens with zero attached hydrogens (tertiary/aromatic N) is 2. The maximum Gasteiger partial charge on any atom is 0.342 e. The second kappa shape index (κ2) is 10.0. The van der Waals surface area contributed by atoms with E-state index < -0.39 is 5.97 Å². The number of H-pyrrole nitrogens is 1. The van der Waals surface area contributed by atoms with Crippen LogP contribution in [0.2, 0.25) is 0 Å². The van der Waals surface area contributed by atoms with E-state index in [1.807, 2.05) is 54.6 Å². The molecular formula is C27H21N3O5S. The number of aromatic nitrogens is 3. The first-order valence-electron chi connectivity index (χ1n) is 10.9. The van der Waals surface area contributed by atoms with Crippen LogP contribution < -0.4 is 9.47 Å². The SMILES string of the molecule is COc1cc(OC)cc(-c2nnc(S/C(=C\c3c(-c4ccccc4)[nH]c4ccccc34)C(=O)O)o2)c1. The molecule has 0 amide bonds. The van der Waals surface area contributed by atoms with Crippen molar-refractivity contribution in [3.05, 3.63) is 83.3 Å². The zero-order chi connectivity index (χ0) is 25.1. The fourth-order valence-corrected chi connectivity index (χ4v) is 4.46. The topological polar surface area (TPSA) is 110 Å². The van der Waals surface area contributed by atoms with Gasteiger partial charge in [0, 0.05) is 28.1 Å². The maximum absolute atomic E-state index is 12.2. The van der Waals surface area contributed by atoms with Crippen molar-refractivity contribution in [2.75, 3.05) is 14.2 Å². The number of thioether (sulfide) groups is 1. The molecule has 180 valence electrons. The molecule has 2 N–H and O–H groups in total. The Labute approximate surface area is 210 Å². The van der Waals surface area contributed by atoms with Crippen LogP contribution in [0.5, 0.6) is 11.5 Å². The van der Waals surface area contributed by atoms with Crippen LogP contribution >= 0.6 is 11.8 Å². The molecule has 0 saturated carbocycles. The number of carboxylic acid groups (broad SMARTS) is 1. The number of hydrogen-bond acceptors (Lipinski definition) is 7. The van der Waals surface area contributed by atoms with Gasteiger partial charge in [-0.15, -0.1) is 10.2 Å². The van der Waals surface area contributed by atoms with Crippen molar-refractivity contribution < 1.29 is 23.8 Å². The standard InChI is InChI=1S/C27H21N3O5S/c1-33-18-12-17(13-19(14-18)34-2)25-29-30-27(35-25)36-23(26(31)32)15-21-20-10-6-7-11-22(20)28-24(21)16-8-4-3-5-9-16/h3-15,28H,1-2H3,(H,31,32)/b23-15-. The minimum Gasteiger partial charge on any atom is -0.497 e. The van der Waals surface area contributed by atoms with E-state index in [4.69, 9.17) is 13.9 Å². The Hall–Kier alpha value is -4.50. The second-order valence-electron chi connectivity index (χ2n) is 7.72. The van der Waals surface area contributed by atoms with Crippen LogP contribution in [0, 0.1) is 0 Å². The lowest BCUT2D eigenvalue weighted by molar-refractivity contribution is -0.131.